The Labute approximate surface area is 148 Å². The van der Waals surface area contributed by atoms with Crippen molar-refractivity contribution < 1.29 is 9.53 Å². The number of carbonyl (C=O) groups excluding carboxylic acids is 1. The number of ether oxygens (including phenoxy) is 1. The van der Waals surface area contributed by atoms with Crippen molar-refractivity contribution in [3.63, 3.8) is 0 Å². The highest BCUT2D eigenvalue weighted by Crippen LogP contribution is 2.27. The van der Waals surface area contributed by atoms with E-state index in [0.717, 1.165) is 60.5 Å². The molecule has 0 fully saturated rings. The second-order valence-corrected chi connectivity index (χ2v) is 5.99. The monoisotopic (exact) mass is 342 g/mol. The Morgan fingerprint density at radius 1 is 1.28 bits per heavy atom. The number of nitrogens with two attached hydrogens (primary N) is 1. The highest BCUT2D eigenvalue weighted by molar-refractivity contribution is 5.75. The molecule has 6 heteroatoms. The van der Waals surface area contributed by atoms with Crippen LogP contribution in [0.3, 0.4) is 0 Å². The number of carbonyl (C=O) groups is 1. The van der Waals surface area contributed by atoms with E-state index in [1.807, 2.05) is 13.0 Å². The van der Waals surface area contributed by atoms with Crippen molar-refractivity contribution in [3.8, 4) is 5.75 Å². The second kappa shape index (κ2) is 9.01. The number of aryl methyl sites for hydroxylation is 1. The summed E-state index contributed by atoms with van der Waals surface area (Å²) in [6.45, 7) is 4.92. The molecule has 0 unspecified atom stereocenters. The summed E-state index contributed by atoms with van der Waals surface area (Å²) in [7, 11) is 1.62. The number of nitrogens with one attached hydrogen (secondary N) is 1. The molecule has 1 aromatic heterocycles. The standard InChI is InChI=1S/C19H26N4O2/c1-4-5-6-9-21-18-16(13(2)22-19(20)23-18)11-15-10-14(12-24)7-8-17(15)25-3/h7-8,10,12H,4-6,9,11H2,1-3H3,(H3,20,21,22,23). The van der Waals surface area contributed by atoms with Crippen molar-refractivity contribution in [1.82, 2.24) is 9.97 Å². The molecule has 2 aromatic rings. The molecule has 0 saturated heterocycles. The molecule has 0 bridgehead atoms. The van der Waals surface area contributed by atoms with Gasteiger partial charge in [0, 0.05) is 29.8 Å². The fraction of sp³-hybridized carbons (Fsp3) is 0.421. The average Bonchev–Trinajstić information content (AvgIpc) is 2.61. The normalized spacial score (nSPS) is 10.5. The number of nitrogens with zero attached hydrogens (tertiary/aromatic N) is 2. The topological polar surface area (TPSA) is 90.1 Å². The quantitative estimate of drug-likeness (QED) is 0.536. The van der Waals surface area contributed by atoms with E-state index in [2.05, 4.69) is 22.2 Å². The predicted octanol–water partition coefficient (Wildman–Crippen LogP) is 3.38. The third-order valence-corrected chi connectivity index (χ3v) is 4.11. The maximum atomic E-state index is 11.1. The minimum absolute atomic E-state index is 0.257. The first-order chi connectivity index (χ1) is 12.1. The van der Waals surface area contributed by atoms with Crippen LogP contribution in [0.2, 0.25) is 0 Å². The molecule has 25 heavy (non-hydrogen) atoms. The lowest BCUT2D eigenvalue weighted by molar-refractivity contribution is 0.112. The summed E-state index contributed by atoms with van der Waals surface area (Å²) in [4.78, 5) is 19.8. The van der Waals surface area contributed by atoms with Crippen LogP contribution in [0.5, 0.6) is 5.75 Å². The second-order valence-electron chi connectivity index (χ2n) is 5.99. The van der Waals surface area contributed by atoms with Gasteiger partial charge in [0.2, 0.25) is 5.95 Å². The van der Waals surface area contributed by atoms with E-state index < -0.39 is 0 Å². The van der Waals surface area contributed by atoms with E-state index in [9.17, 15) is 4.79 Å². The molecule has 1 aromatic carbocycles. The number of aromatic nitrogens is 2. The molecule has 0 atom stereocenters. The van der Waals surface area contributed by atoms with Gasteiger partial charge < -0.3 is 15.8 Å². The van der Waals surface area contributed by atoms with Crippen LogP contribution in [-0.4, -0.2) is 29.9 Å². The number of hydrogen-bond donors (Lipinski definition) is 2. The Kier molecular flexibility index (Phi) is 6.74. The Morgan fingerprint density at radius 3 is 2.76 bits per heavy atom. The smallest absolute Gasteiger partial charge is 0.222 e. The van der Waals surface area contributed by atoms with Crippen molar-refractivity contribution in [3.05, 3.63) is 40.6 Å². The van der Waals surface area contributed by atoms with E-state index in [0.29, 0.717) is 12.0 Å². The Hall–Kier alpha value is -2.63. The summed E-state index contributed by atoms with van der Waals surface area (Å²) in [5.74, 6) is 1.74. The van der Waals surface area contributed by atoms with Crippen molar-refractivity contribution in [2.45, 2.75) is 39.5 Å². The fourth-order valence-electron chi connectivity index (χ4n) is 2.76. The van der Waals surface area contributed by atoms with Gasteiger partial charge in [-0.2, -0.15) is 4.98 Å². The molecule has 0 saturated carbocycles. The Balaban J connectivity index is 2.33. The van der Waals surface area contributed by atoms with Gasteiger partial charge in [-0.25, -0.2) is 4.98 Å². The largest absolute Gasteiger partial charge is 0.496 e. The summed E-state index contributed by atoms with van der Waals surface area (Å²) in [6, 6.07) is 5.38. The van der Waals surface area contributed by atoms with E-state index >= 15 is 0 Å². The van der Waals surface area contributed by atoms with E-state index in [1.165, 1.54) is 0 Å². The zero-order valence-electron chi connectivity index (χ0n) is 15.1. The molecule has 0 radical (unpaired) electrons. The molecule has 134 valence electrons. The fourth-order valence-corrected chi connectivity index (χ4v) is 2.76. The summed E-state index contributed by atoms with van der Waals surface area (Å²) in [6.07, 6.45) is 4.79. The van der Waals surface area contributed by atoms with E-state index in [1.54, 1.807) is 19.2 Å². The zero-order valence-corrected chi connectivity index (χ0v) is 15.1. The van der Waals surface area contributed by atoms with Crippen molar-refractivity contribution >= 4 is 18.1 Å². The van der Waals surface area contributed by atoms with Crippen LogP contribution in [0.1, 0.15) is 53.4 Å². The van der Waals surface area contributed by atoms with Crippen LogP contribution in [0.15, 0.2) is 18.2 Å². The van der Waals surface area contributed by atoms with E-state index in [-0.39, 0.29) is 5.95 Å². The molecule has 2 rings (SSSR count). The molecule has 0 aliphatic heterocycles. The number of anilines is 2. The lowest BCUT2D eigenvalue weighted by Gasteiger charge is -2.15. The van der Waals surface area contributed by atoms with Crippen LogP contribution in [-0.2, 0) is 6.42 Å². The summed E-state index contributed by atoms with van der Waals surface area (Å²) in [5, 5.41) is 3.37. The molecule has 0 spiro atoms. The average molecular weight is 342 g/mol. The Morgan fingerprint density at radius 2 is 2.08 bits per heavy atom. The SMILES string of the molecule is CCCCCNc1nc(N)nc(C)c1Cc1cc(C=O)ccc1OC. The van der Waals surface area contributed by atoms with Gasteiger partial charge in [0.25, 0.3) is 0 Å². The molecular weight excluding hydrogens is 316 g/mol. The summed E-state index contributed by atoms with van der Waals surface area (Å²) < 4.78 is 5.43. The number of hydrogen-bond acceptors (Lipinski definition) is 6. The van der Waals surface area contributed by atoms with Crippen LogP contribution >= 0.6 is 0 Å². The highest BCUT2D eigenvalue weighted by atomic mass is 16.5. The molecule has 0 aliphatic rings. The number of methoxy groups -OCH3 is 1. The number of aldehydes is 1. The first kappa shape index (κ1) is 18.7. The van der Waals surface area contributed by atoms with Crippen molar-refractivity contribution in [2.24, 2.45) is 0 Å². The number of unbranched alkanes of at least 4 members (excludes halogenated alkanes) is 2. The van der Waals surface area contributed by atoms with Crippen LogP contribution < -0.4 is 15.8 Å². The van der Waals surface area contributed by atoms with Gasteiger partial charge in [0.05, 0.1) is 7.11 Å². The number of nitrogen functional groups attached to an aromatic ring is 1. The van der Waals surface area contributed by atoms with Crippen LogP contribution in [0.25, 0.3) is 0 Å². The summed E-state index contributed by atoms with van der Waals surface area (Å²) >= 11 is 0. The molecule has 1 heterocycles. The van der Waals surface area contributed by atoms with Crippen LogP contribution in [0.4, 0.5) is 11.8 Å². The van der Waals surface area contributed by atoms with Crippen LogP contribution in [0, 0.1) is 6.92 Å². The highest BCUT2D eigenvalue weighted by Gasteiger charge is 2.14. The van der Waals surface area contributed by atoms with E-state index in [4.69, 9.17) is 10.5 Å². The van der Waals surface area contributed by atoms with Gasteiger partial charge in [-0.15, -0.1) is 0 Å². The Bertz CT molecular complexity index is 732. The summed E-state index contributed by atoms with van der Waals surface area (Å²) in [5.41, 5.74) is 9.14. The molecule has 3 N–H and O–H groups in total. The lowest BCUT2D eigenvalue weighted by Crippen LogP contribution is -2.12. The molecular formula is C19H26N4O2. The number of rotatable bonds is 9. The van der Waals surface area contributed by atoms with Gasteiger partial charge in [0.15, 0.2) is 0 Å². The van der Waals surface area contributed by atoms with Gasteiger partial charge in [-0.1, -0.05) is 19.8 Å². The van der Waals surface area contributed by atoms with Crippen molar-refractivity contribution in [1.29, 1.82) is 0 Å². The molecule has 0 amide bonds. The molecule has 0 aliphatic carbocycles. The maximum absolute atomic E-state index is 11.1. The zero-order chi connectivity index (χ0) is 18.2. The number of benzene rings is 1. The maximum Gasteiger partial charge on any atom is 0.222 e. The third kappa shape index (κ3) is 4.92. The minimum atomic E-state index is 0.257. The van der Waals surface area contributed by atoms with Gasteiger partial charge >= 0.3 is 0 Å². The first-order valence-electron chi connectivity index (χ1n) is 8.58. The predicted molar refractivity (Wildman–Crippen MR) is 100 cm³/mol. The van der Waals surface area contributed by atoms with Crippen molar-refractivity contribution in [2.75, 3.05) is 24.7 Å². The first-order valence-corrected chi connectivity index (χ1v) is 8.58. The minimum Gasteiger partial charge on any atom is -0.496 e. The third-order valence-electron chi connectivity index (χ3n) is 4.11. The van der Waals surface area contributed by atoms with Gasteiger partial charge in [0.1, 0.15) is 17.9 Å². The lowest BCUT2D eigenvalue weighted by atomic mass is 10.0. The molecule has 6 nitrogen and oxygen atoms in total. The van der Waals surface area contributed by atoms with Gasteiger partial charge in [-0.3, -0.25) is 4.79 Å². The van der Waals surface area contributed by atoms with Gasteiger partial charge in [-0.05, 0) is 37.1 Å².